The summed E-state index contributed by atoms with van der Waals surface area (Å²) in [5.41, 5.74) is 9.03. The Hall–Kier alpha value is -3.91. The van der Waals surface area contributed by atoms with Crippen LogP contribution in [-0.4, -0.2) is 26.0 Å². The van der Waals surface area contributed by atoms with Crippen molar-refractivity contribution in [3.63, 3.8) is 0 Å². The molecule has 0 saturated heterocycles. The molecular formula is C27H23N5O2S. The maximum atomic E-state index is 12.5. The first-order valence-corrected chi connectivity index (χ1v) is 12.5. The predicted molar refractivity (Wildman–Crippen MR) is 136 cm³/mol. The summed E-state index contributed by atoms with van der Waals surface area (Å²) in [6.45, 7) is 2.05. The molecule has 6 rings (SSSR count). The van der Waals surface area contributed by atoms with Crippen LogP contribution in [0.3, 0.4) is 0 Å². The van der Waals surface area contributed by atoms with Crippen LogP contribution in [0.2, 0.25) is 0 Å². The Bertz CT molecular complexity index is 1550. The van der Waals surface area contributed by atoms with Crippen LogP contribution in [0.5, 0.6) is 0 Å². The second kappa shape index (κ2) is 9.03. The molecule has 2 N–H and O–H groups in total. The van der Waals surface area contributed by atoms with Gasteiger partial charge in [-0.15, -0.1) is 0 Å². The van der Waals surface area contributed by atoms with Gasteiger partial charge in [0.1, 0.15) is 0 Å². The number of anilines is 1. The highest BCUT2D eigenvalue weighted by atomic mass is 32.2. The minimum absolute atomic E-state index is 0.0767. The zero-order valence-electron chi connectivity index (χ0n) is 19.2. The lowest BCUT2D eigenvalue weighted by Gasteiger charge is -2.07. The second-order valence-corrected chi connectivity index (χ2v) is 9.67. The van der Waals surface area contributed by atoms with Crippen molar-refractivity contribution in [2.75, 3.05) is 5.32 Å². The van der Waals surface area contributed by atoms with E-state index in [0.29, 0.717) is 23.9 Å². The maximum Gasteiger partial charge on any atom is 0.227 e. The van der Waals surface area contributed by atoms with Gasteiger partial charge in [0, 0.05) is 18.5 Å². The van der Waals surface area contributed by atoms with E-state index in [1.54, 1.807) is 0 Å². The van der Waals surface area contributed by atoms with E-state index in [1.807, 2.05) is 18.2 Å². The van der Waals surface area contributed by atoms with Gasteiger partial charge in [-0.1, -0.05) is 53.3 Å². The van der Waals surface area contributed by atoms with E-state index >= 15 is 0 Å². The molecule has 35 heavy (non-hydrogen) atoms. The van der Waals surface area contributed by atoms with Crippen LogP contribution in [0.4, 0.5) is 5.69 Å². The Kier molecular flexibility index (Phi) is 5.58. The monoisotopic (exact) mass is 481 g/mol. The Morgan fingerprint density at radius 2 is 1.94 bits per heavy atom. The molecule has 2 aromatic heterocycles. The zero-order chi connectivity index (χ0) is 23.8. The number of nitrogens with zero attached hydrogens (tertiary/aromatic N) is 3. The molecular weight excluding hydrogens is 458 g/mol. The lowest BCUT2D eigenvalue weighted by Crippen LogP contribution is -2.12. The Balaban J connectivity index is 1.02. The molecule has 0 aliphatic heterocycles. The quantitative estimate of drug-likeness (QED) is 0.284. The van der Waals surface area contributed by atoms with Gasteiger partial charge in [-0.25, -0.2) is 4.98 Å². The number of imidazole rings is 1. The fraction of sp³-hybridized carbons (Fsp3) is 0.185. The molecule has 0 radical (unpaired) electrons. The zero-order valence-corrected chi connectivity index (χ0v) is 20.0. The van der Waals surface area contributed by atoms with Crippen LogP contribution in [-0.2, 0) is 23.4 Å². The fourth-order valence-corrected chi connectivity index (χ4v) is 5.15. The number of thioether (sulfide) groups is 1. The standard InChI is InChI=1S/C27H23N5O2S/c1-16-6-9-22-23(12-16)30-27(29-22)35-15-24-31-26(34-32-24)11-10-25(33)28-19-7-8-21-18(14-19)13-17-4-2-3-5-20(17)21/h2-9,12,14H,10-11,13,15H2,1H3,(H,28,33)(H,29,30). The summed E-state index contributed by atoms with van der Waals surface area (Å²) in [4.78, 5) is 24.8. The molecule has 0 atom stereocenters. The number of aromatic nitrogens is 4. The number of fused-ring (bicyclic) bond motifs is 4. The molecule has 1 aliphatic rings. The topological polar surface area (TPSA) is 96.7 Å². The van der Waals surface area contributed by atoms with Gasteiger partial charge in [-0.3, -0.25) is 4.79 Å². The highest BCUT2D eigenvalue weighted by Crippen LogP contribution is 2.37. The summed E-state index contributed by atoms with van der Waals surface area (Å²) in [6.07, 6.45) is 1.56. The van der Waals surface area contributed by atoms with E-state index in [4.69, 9.17) is 4.52 Å². The third-order valence-electron chi connectivity index (χ3n) is 6.11. The predicted octanol–water partition coefficient (Wildman–Crippen LogP) is 5.69. The van der Waals surface area contributed by atoms with Crippen molar-refractivity contribution in [3.8, 4) is 11.1 Å². The molecule has 0 fully saturated rings. The number of nitrogens with one attached hydrogen (secondary N) is 2. The van der Waals surface area contributed by atoms with Crippen molar-refractivity contribution >= 4 is 34.4 Å². The summed E-state index contributed by atoms with van der Waals surface area (Å²) in [5.74, 6) is 1.50. The maximum absolute atomic E-state index is 12.5. The molecule has 0 unspecified atom stereocenters. The fourth-order valence-electron chi connectivity index (χ4n) is 4.42. The SMILES string of the molecule is Cc1ccc2nc(SCc3noc(CCC(=O)Nc4ccc5c(c4)Cc4ccccc4-5)n3)[nH]c2c1. The van der Waals surface area contributed by atoms with Gasteiger partial charge >= 0.3 is 0 Å². The first-order valence-electron chi connectivity index (χ1n) is 11.5. The normalized spacial score (nSPS) is 12.0. The van der Waals surface area contributed by atoms with Crippen molar-refractivity contribution in [1.82, 2.24) is 20.1 Å². The minimum atomic E-state index is -0.0767. The van der Waals surface area contributed by atoms with E-state index in [-0.39, 0.29) is 12.3 Å². The molecule has 0 spiro atoms. The van der Waals surface area contributed by atoms with Gasteiger partial charge in [0.15, 0.2) is 11.0 Å². The van der Waals surface area contributed by atoms with Crippen LogP contribution in [0.25, 0.3) is 22.2 Å². The highest BCUT2D eigenvalue weighted by Gasteiger charge is 2.18. The summed E-state index contributed by atoms with van der Waals surface area (Å²) in [7, 11) is 0. The highest BCUT2D eigenvalue weighted by molar-refractivity contribution is 7.98. The van der Waals surface area contributed by atoms with Crippen LogP contribution >= 0.6 is 11.8 Å². The van der Waals surface area contributed by atoms with E-state index in [2.05, 4.69) is 74.8 Å². The molecule has 0 saturated carbocycles. The lowest BCUT2D eigenvalue weighted by atomic mass is 10.1. The van der Waals surface area contributed by atoms with Crippen molar-refractivity contribution in [1.29, 1.82) is 0 Å². The van der Waals surface area contributed by atoms with E-state index < -0.39 is 0 Å². The first kappa shape index (κ1) is 21.6. The summed E-state index contributed by atoms with van der Waals surface area (Å²) < 4.78 is 5.34. The largest absolute Gasteiger partial charge is 0.339 e. The summed E-state index contributed by atoms with van der Waals surface area (Å²) >= 11 is 1.52. The van der Waals surface area contributed by atoms with Crippen LogP contribution < -0.4 is 5.32 Å². The molecule has 1 amide bonds. The molecule has 3 aromatic carbocycles. The van der Waals surface area contributed by atoms with Crippen molar-refractivity contribution in [3.05, 3.63) is 89.1 Å². The average Bonchev–Trinajstić information content (AvgIpc) is 3.57. The number of carbonyl (C=O) groups is 1. The van der Waals surface area contributed by atoms with E-state index in [0.717, 1.165) is 28.3 Å². The number of amides is 1. The molecule has 2 heterocycles. The second-order valence-electron chi connectivity index (χ2n) is 8.71. The van der Waals surface area contributed by atoms with Gasteiger partial charge in [0.05, 0.1) is 16.8 Å². The number of hydrogen-bond donors (Lipinski definition) is 2. The molecule has 0 bridgehead atoms. The van der Waals surface area contributed by atoms with Crippen LogP contribution in [0.15, 0.2) is 70.3 Å². The third kappa shape index (κ3) is 4.57. The number of aromatic amines is 1. The van der Waals surface area contributed by atoms with Crippen LogP contribution in [0.1, 0.15) is 34.8 Å². The smallest absolute Gasteiger partial charge is 0.227 e. The number of carbonyl (C=O) groups excluding carboxylic acids is 1. The molecule has 5 aromatic rings. The van der Waals surface area contributed by atoms with Gasteiger partial charge in [0.25, 0.3) is 0 Å². The molecule has 174 valence electrons. The summed E-state index contributed by atoms with van der Waals surface area (Å²) in [6, 6.07) is 20.7. The minimum Gasteiger partial charge on any atom is -0.339 e. The van der Waals surface area contributed by atoms with Crippen molar-refractivity contribution < 1.29 is 9.32 Å². The molecule has 8 heteroatoms. The van der Waals surface area contributed by atoms with Crippen molar-refractivity contribution in [2.24, 2.45) is 0 Å². The van der Waals surface area contributed by atoms with Gasteiger partial charge in [-0.2, -0.15) is 4.98 Å². The van der Waals surface area contributed by atoms with Gasteiger partial charge in [0.2, 0.25) is 11.8 Å². The Morgan fingerprint density at radius 3 is 2.89 bits per heavy atom. The Morgan fingerprint density at radius 1 is 1.06 bits per heavy atom. The molecule has 7 nitrogen and oxygen atoms in total. The van der Waals surface area contributed by atoms with Gasteiger partial charge < -0.3 is 14.8 Å². The lowest BCUT2D eigenvalue weighted by molar-refractivity contribution is -0.116. The first-order chi connectivity index (χ1) is 17.1. The van der Waals surface area contributed by atoms with Crippen LogP contribution in [0, 0.1) is 6.92 Å². The molecule has 1 aliphatic carbocycles. The average molecular weight is 482 g/mol. The van der Waals surface area contributed by atoms with E-state index in [9.17, 15) is 4.79 Å². The number of aryl methyl sites for hydroxylation is 2. The number of rotatable bonds is 7. The number of hydrogen-bond acceptors (Lipinski definition) is 6. The van der Waals surface area contributed by atoms with E-state index in [1.165, 1.54) is 39.6 Å². The van der Waals surface area contributed by atoms with Crippen molar-refractivity contribution in [2.45, 2.75) is 37.1 Å². The third-order valence-corrected chi connectivity index (χ3v) is 6.98. The number of H-pyrrole nitrogens is 1. The number of benzene rings is 3. The van der Waals surface area contributed by atoms with Gasteiger partial charge in [-0.05, 0) is 65.4 Å². The Labute approximate surface area is 206 Å². The summed E-state index contributed by atoms with van der Waals surface area (Å²) in [5, 5.41) is 7.85.